The van der Waals surface area contributed by atoms with E-state index in [1.807, 2.05) is 0 Å². The van der Waals surface area contributed by atoms with Crippen molar-refractivity contribution in [3.8, 4) is 17.1 Å². The molecule has 0 saturated carbocycles. The molecule has 0 atom stereocenters. The highest BCUT2D eigenvalue weighted by Crippen LogP contribution is 2.30. The van der Waals surface area contributed by atoms with Gasteiger partial charge in [-0.25, -0.2) is 27.2 Å². The topological polar surface area (TPSA) is 64.8 Å². The van der Waals surface area contributed by atoms with Crippen LogP contribution in [0.15, 0.2) is 47.8 Å². The Morgan fingerprint density at radius 3 is 2.42 bits per heavy atom. The number of rotatable bonds is 3. The minimum atomic E-state index is -3.37. The Bertz CT molecular complexity index is 1020. The molecule has 0 bridgehead atoms. The van der Waals surface area contributed by atoms with Crippen molar-refractivity contribution in [2.45, 2.75) is 4.90 Å². The molecule has 1 aromatic carbocycles. The Morgan fingerprint density at radius 2 is 1.83 bits per heavy atom. The van der Waals surface area contributed by atoms with Crippen LogP contribution in [-0.2, 0) is 9.84 Å². The molecule has 3 aromatic rings. The molecule has 2 aromatic heterocycles. The SMILES string of the molecule is CS(=O)(=O)c1ccc(-n2cnc(Cl)c2-c2ccc(F)c(F)c2)nc1. The maximum absolute atomic E-state index is 13.5. The zero-order chi connectivity index (χ0) is 17.5. The van der Waals surface area contributed by atoms with Gasteiger partial charge in [-0.2, -0.15) is 0 Å². The summed E-state index contributed by atoms with van der Waals surface area (Å²) in [5.41, 5.74) is 0.626. The lowest BCUT2D eigenvalue weighted by molar-refractivity contribution is 0.509. The fraction of sp³-hybridized carbons (Fsp3) is 0.0667. The van der Waals surface area contributed by atoms with Gasteiger partial charge in [0.05, 0.1) is 10.6 Å². The van der Waals surface area contributed by atoms with Crippen molar-refractivity contribution in [2.75, 3.05) is 6.26 Å². The van der Waals surface area contributed by atoms with Crippen molar-refractivity contribution >= 4 is 21.4 Å². The Kier molecular flexibility index (Phi) is 4.10. The van der Waals surface area contributed by atoms with Gasteiger partial charge >= 0.3 is 0 Å². The van der Waals surface area contributed by atoms with Crippen LogP contribution in [0.5, 0.6) is 0 Å². The van der Waals surface area contributed by atoms with Gasteiger partial charge in [-0.3, -0.25) is 4.57 Å². The summed E-state index contributed by atoms with van der Waals surface area (Å²) in [5.74, 6) is -1.66. The molecule has 9 heteroatoms. The van der Waals surface area contributed by atoms with E-state index in [1.165, 1.54) is 35.3 Å². The molecule has 3 rings (SSSR count). The van der Waals surface area contributed by atoms with Gasteiger partial charge < -0.3 is 0 Å². The summed E-state index contributed by atoms with van der Waals surface area (Å²) in [7, 11) is -3.37. The molecule has 0 radical (unpaired) electrons. The predicted molar refractivity (Wildman–Crippen MR) is 84.8 cm³/mol. The van der Waals surface area contributed by atoms with E-state index < -0.39 is 21.5 Å². The molecule has 24 heavy (non-hydrogen) atoms. The monoisotopic (exact) mass is 369 g/mol. The lowest BCUT2D eigenvalue weighted by Crippen LogP contribution is -2.02. The van der Waals surface area contributed by atoms with E-state index in [9.17, 15) is 17.2 Å². The van der Waals surface area contributed by atoms with Crippen LogP contribution >= 0.6 is 11.6 Å². The number of hydrogen-bond donors (Lipinski definition) is 0. The number of aromatic nitrogens is 3. The first kappa shape index (κ1) is 16.5. The van der Waals surface area contributed by atoms with Gasteiger partial charge in [-0.05, 0) is 30.3 Å². The average molecular weight is 370 g/mol. The predicted octanol–water partition coefficient (Wildman–Crippen LogP) is 3.27. The lowest BCUT2D eigenvalue weighted by atomic mass is 10.1. The van der Waals surface area contributed by atoms with Crippen molar-refractivity contribution in [3.63, 3.8) is 0 Å². The van der Waals surface area contributed by atoms with Crippen molar-refractivity contribution < 1.29 is 17.2 Å². The van der Waals surface area contributed by atoms with E-state index >= 15 is 0 Å². The highest BCUT2D eigenvalue weighted by Gasteiger charge is 2.16. The van der Waals surface area contributed by atoms with Gasteiger partial charge in [0, 0.05) is 18.0 Å². The number of sulfone groups is 1. The number of pyridine rings is 1. The summed E-state index contributed by atoms with van der Waals surface area (Å²) in [6.07, 6.45) is 3.64. The van der Waals surface area contributed by atoms with Gasteiger partial charge in [0.1, 0.15) is 12.1 Å². The minimum absolute atomic E-state index is 0.0619. The molecule has 0 aliphatic heterocycles. The van der Waals surface area contributed by atoms with E-state index in [0.29, 0.717) is 17.1 Å². The Labute approximate surface area is 141 Å². The molecule has 0 fully saturated rings. The van der Waals surface area contributed by atoms with Gasteiger partial charge in [0.2, 0.25) is 0 Å². The molecule has 0 saturated heterocycles. The Balaban J connectivity index is 2.12. The summed E-state index contributed by atoms with van der Waals surface area (Å²) in [5, 5.41) is 0.0787. The molecule has 5 nitrogen and oxygen atoms in total. The number of nitrogens with zero attached hydrogens (tertiary/aromatic N) is 3. The van der Waals surface area contributed by atoms with E-state index in [4.69, 9.17) is 11.6 Å². The standard InChI is InChI=1S/C15H10ClF2N3O2S/c1-24(22,23)10-3-5-13(19-7-10)21-8-20-15(16)14(21)9-2-4-11(17)12(18)6-9/h2-8H,1H3. The number of halogens is 3. The second-order valence-electron chi connectivity index (χ2n) is 5.01. The quantitative estimate of drug-likeness (QED) is 0.710. The van der Waals surface area contributed by atoms with E-state index in [1.54, 1.807) is 0 Å². The third-order valence-electron chi connectivity index (χ3n) is 3.31. The zero-order valence-corrected chi connectivity index (χ0v) is 13.8. The second kappa shape index (κ2) is 5.95. The van der Waals surface area contributed by atoms with Crippen LogP contribution in [0.2, 0.25) is 5.15 Å². The second-order valence-corrected chi connectivity index (χ2v) is 7.38. The highest BCUT2D eigenvalue weighted by atomic mass is 35.5. The summed E-state index contributed by atoms with van der Waals surface area (Å²) >= 11 is 6.05. The molecular formula is C15H10ClF2N3O2S. The molecule has 0 unspecified atom stereocenters. The largest absolute Gasteiger partial charge is 0.281 e. The van der Waals surface area contributed by atoms with Gasteiger partial charge in [-0.15, -0.1) is 0 Å². The molecule has 0 N–H and O–H groups in total. The van der Waals surface area contributed by atoms with Crippen LogP contribution in [0.3, 0.4) is 0 Å². The smallest absolute Gasteiger partial charge is 0.177 e. The van der Waals surface area contributed by atoms with E-state index in [0.717, 1.165) is 18.4 Å². The first-order valence-electron chi connectivity index (χ1n) is 6.62. The third-order valence-corrected chi connectivity index (χ3v) is 4.69. The van der Waals surface area contributed by atoms with Crippen LogP contribution in [0.4, 0.5) is 8.78 Å². The fourth-order valence-electron chi connectivity index (χ4n) is 2.14. The highest BCUT2D eigenvalue weighted by molar-refractivity contribution is 7.90. The Hall–Kier alpha value is -2.32. The van der Waals surface area contributed by atoms with Crippen molar-refractivity contribution in [1.82, 2.24) is 14.5 Å². The van der Waals surface area contributed by atoms with Gasteiger partial charge in [0.25, 0.3) is 0 Å². The maximum atomic E-state index is 13.5. The summed E-state index contributed by atoms with van der Waals surface area (Å²) in [6, 6.07) is 6.21. The van der Waals surface area contributed by atoms with Crippen LogP contribution < -0.4 is 0 Å². The van der Waals surface area contributed by atoms with Crippen LogP contribution in [-0.4, -0.2) is 29.2 Å². The summed E-state index contributed by atoms with van der Waals surface area (Å²) in [4.78, 5) is 8.08. The molecule has 124 valence electrons. The molecule has 0 amide bonds. The van der Waals surface area contributed by atoms with Crippen LogP contribution in [0, 0.1) is 11.6 Å². The molecule has 2 heterocycles. The Morgan fingerprint density at radius 1 is 1.08 bits per heavy atom. The normalized spacial score (nSPS) is 11.7. The first-order chi connectivity index (χ1) is 11.3. The summed E-state index contributed by atoms with van der Waals surface area (Å²) < 4.78 is 51.0. The molecular weight excluding hydrogens is 360 g/mol. The molecule has 0 spiro atoms. The number of benzene rings is 1. The molecule has 0 aliphatic rings. The maximum Gasteiger partial charge on any atom is 0.177 e. The lowest BCUT2D eigenvalue weighted by Gasteiger charge is -2.09. The minimum Gasteiger partial charge on any atom is -0.281 e. The van der Waals surface area contributed by atoms with Gasteiger partial charge in [-0.1, -0.05) is 11.6 Å². The van der Waals surface area contributed by atoms with Crippen LogP contribution in [0.25, 0.3) is 17.1 Å². The van der Waals surface area contributed by atoms with Crippen LogP contribution in [0.1, 0.15) is 0 Å². The fourth-order valence-corrected chi connectivity index (χ4v) is 2.94. The number of hydrogen-bond acceptors (Lipinski definition) is 4. The number of imidazole rings is 1. The summed E-state index contributed by atoms with van der Waals surface area (Å²) in [6.45, 7) is 0. The third kappa shape index (κ3) is 3.02. The van der Waals surface area contributed by atoms with Gasteiger partial charge in [0.15, 0.2) is 26.6 Å². The van der Waals surface area contributed by atoms with E-state index in [-0.39, 0.29) is 10.0 Å². The first-order valence-corrected chi connectivity index (χ1v) is 8.89. The zero-order valence-electron chi connectivity index (χ0n) is 12.2. The van der Waals surface area contributed by atoms with Crippen molar-refractivity contribution in [2.24, 2.45) is 0 Å². The average Bonchev–Trinajstić information content (AvgIpc) is 2.91. The van der Waals surface area contributed by atoms with E-state index in [2.05, 4.69) is 9.97 Å². The molecule has 0 aliphatic carbocycles. The van der Waals surface area contributed by atoms with Crippen molar-refractivity contribution in [1.29, 1.82) is 0 Å². The van der Waals surface area contributed by atoms with Crippen molar-refractivity contribution in [3.05, 3.63) is 59.6 Å².